The zero-order valence-electron chi connectivity index (χ0n) is 13.1. The van der Waals surface area contributed by atoms with Crippen molar-refractivity contribution in [1.29, 1.82) is 0 Å². The summed E-state index contributed by atoms with van der Waals surface area (Å²) < 4.78 is 0. The fraction of sp³-hybridized carbons (Fsp3) is 0.400. The zero-order chi connectivity index (χ0) is 14.7. The summed E-state index contributed by atoms with van der Waals surface area (Å²) in [6, 6.07) is 0. The van der Waals surface area contributed by atoms with Gasteiger partial charge >= 0.3 is 0 Å². The highest BCUT2D eigenvalue weighted by Crippen LogP contribution is 2.34. The van der Waals surface area contributed by atoms with Crippen LogP contribution in [0.3, 0.4) is 0 Å². The van der Waals surface area contributed by atoms with Crippen LogP contribution in [-0.4, -0.2) is 4.90 Å². The lowest BCUT2D eigenvalue weighted by Crippen LogP contribution is -2.25. The molecule has 21 heavy (non-hydrogen) atoms. The third kappa shape index (κ3) is 3.29. The van der Waals surface area contributed by atoms with Gasteiger partial charge in [0.05, 0.1) is 0 Å². The van der Waals surface area contributed by atoms with E-state index in [0.29, 0.717) is 11.8 Å². The molecule has 3 aliphatic rings. The molecular weight excluding hydrogens is 254 g/mol. The quantitative estimate of drug-likeness (QED) is 0.661. The Morgan fingerprint density at radius 2 is 1.86 bits per heavy atom. The smallest absolute Gasteiger partial charge is 0.0414 e. The topological polar surface area (TPSA) is 3.24 Å². The van der Waals surface area contributed by atoms with Crippen molar-refractivity contribution in [3.8, 4) is 0 Å². The van der Waals surface area contributed by atoms with Gasteiger partial charge in [-0.2, -0.15) is 0 Å². The summed E-state index contributed by atoms with van der Waals surface area (Å²) in [6.45, 7) is 4.60. The van der Waals surface area contributed by atoms with Gasteiger partial charge in [0.15, 0.2) is 0 Å². The van der Waals surface area contributed by atoms with Gasteiger partial charge in [-0.25, -0.2) is 0 Å². The summed E-state index contributed by atoms with van der Waals surface area (Å²) in [5, 5.41) is 0. The van der Waals surface area contributed by atoms with E-state index in [0.717, 1.165) is 25.7 Å². The molecular formula is C20H25N. The van der Waals surface area contributed by atoms with Crippen LogP contribution in [0, 0.1) is 11.8 Å². The highest BCUT2D eigenvalue weighted by Gasteiger charge is 2.21. The maximum atomic E-state index is 2.50. The molecule has 0 N–H and O–H groups in total. The SMILES string of the molecule is CC1C=C(N(C2=CC=CCC2)C2=CC=CC(C)C2)C=CC1. The van der Waals surface area contributed by atoms with Crippen LogP contribution in [0.4, 0.5) is 0 Å². The summed E-state index contributed by atoms with van der Waals surface area (Å²) in [6.07, 6.45) is 25.1. The van der Waals surface area contributed by atoms with Gasteiger partial charge in [-0.3, -0.25) is 0 Å². The Bertz CT molecular complexity index is 569. The minimum absolute atomic E-state index is 0.623. The second-order valence-electron chi connectivity index (χ2n) is 6.39. The van der Waals surface area contributed by atoms with Crippen molar-refractivity contribution in [3.05, 3.63) is 71.8 Å². The number of allylic oxidation sites excluding steroid dienone is 11. The first-order valence-corrected chi connectivity index (χ1v) is 8.15. The van der Waals surface area contributed by atoms with Gasteiger partial charge in [-0.05, 0) is 55.7 Å². The van der Waals surface area contributed by atoms with Gasteiger partial charge in [0, 0.05) is 17.1 Å². The van der Waals surface area contributed by atoms with Gasteiger partial charge in [0.2, 0.25) is 0 Å². The molecule has 3 rings (SSSR count). The molecule has 0 heterocycles. The van der Waals surface area contributed by atoms with E-state index in [2.05, 4.69) is 73.4 Å². The van der Waals surface area contributed by atoms with E-state index in [1.165, 1.54) is 17.1 Å². The van der Waals surface area contributed by atoms with Gasteiger partial charge in [-0.15, -0.1) is 0 Å². The fourth-order valence-electron chi connectivity index (χ4n) is 3.25. The van der Waals surface area contributed by atoms with Gasteiger partial charge in [0.1, 0.15) is 0 Å². The molecule has 3 aliphatic carbocycles. The van der Waals surface area contributed by atoms with Gasteiger partial charge < -0.3 is 4.90 Å². The molecule has 0 aromatic rings. The number of hydrogen-bond acceptors (Lipinski definition) is 1. The molecule has 0 bridgehead atoms. The molecule has 0 fully saturated rings. The predicted octanol–water partition coefficient (Wildman–Crippen LogP) is 5.48. The maximum absolute atomic E-state index is 2.50. The fourth-order valence-corrected chi connectivity index (χ4v) is 3.25. The van der Waals surface area contributed by atoms with Crippen molar-refractivity contribution >= 4 is 0 Å². The van der Waals surface area contributed by atoms with Crippen LogP contribution in [0.1, 0.15) is 39.5 Å². The molecule has 0 amide bonds. The van der Waals surface area contributed by atoms with E-state index < -0.39 is 0 Å². The first kappa shape index (κ1) is 14.2. The summed E-state index contributed by atoms with van der Waals surface area (Å²) >= 11 is 0. The molecule has 0 aromatic carbocycles. The average molecular weight is 279 g/mol. The van der Waals surface area contributed by atoms with Crippen molar-refractivity contribution in [3.63, 3.8) is 0 Å². The van der Waals surface area contributed by atoms with Crippen LogP contribution in [-0.2, 0) is 0 Å². The standard InChI is InChI=1S/C20H25N/c1-16-8-6-12-19(14-16)21(18-10-4-3-5-11-18)20-13-7-9-17(2)15-20/h3-4,6-8,10,12-13,15-17H,5,9,11,14H2,1-2H3. The van der Waals surface area contributed by atoms with Gasteiger partial charge in [0.25, 0.3) is 0 Å². The molecule has 110 valence electrons. The highest BCUT2D eigenvalue weighted by atomic mass is 15.2. The lowest BCUT2D eigenvalue weighted by atomic mass is 9.95. The van der Waals surface area contributed by atoms with Crippen LogP contribution in [0.15, 0.2) is 71.8 Å². The van der Waals surface area contributed by atoms with E-state index >= 15 is 0 Å². The van der Waals surface area contributed by atoms with E-state index in [9.17, 15) is 0 Å². The average Bonchev–Trinajstić information content (AvgIpc) is 2.49. The second kappa shape index (κ2) is 6.34. The summed E-state index contributed by atoms with van der Waals surface area (Å²) in [7, 11) is 0. The van der Waals surface area contributed by atoms with Crippen molar-refractivity contribution < 1.29 is 0 Å². The van der Waals surface area contributed by atoms with Crippen LogP contribution in [0.25, 0.3) is 0 Å². The highest BCUT2D eigenvalue weighted by molar-refractivity contribution is 5.36. The molecule has 0 saturated carbocycles. The Labute approximate surface area is 128 Å². The molecule has 2 unspecified atom stereocenters. The summed E-state index contributed by atoms with van der Waals surface area (Å²) in [5.41, 5.74) is 4.21. The largest absolute Gasteiger partial charge is 0.318 e. The number of nitrogens with zero attached hydrogens (tertiary/aromatic N) is 1. The molecule has 0 aliphatic heterocycles. The predicted molar refractivity (Wildman–Crippen MR) is 90.3 cm³/mol. The lowest BCUT2D eigenvalue weighted by molar-refractivity contribution is 0.459. The third-order valence-electron chi connectivity index (χ3n) is 4.34. The van der Waals surface area contributed by atoms with Gasteiger partial charge in [-0.1, -0.05) is 50.3 Å². The van der Waals surface area contributed by atoms with Crippen LogP contribution in [0.5, 0.6) is 0 Å². The van der Waals surface area contributed by atoms with E-state index in [1.54, 1.807) is 0 Å². The van der Waals surface area contributed by atoms with Crippen molar-refractivity contribution in [2.45, 2.75) is 39.5 Å². The molecule has 1 heteroatoms. The Morgan fingerprint density at radius 1 is 1.00 bits per heavy atom. The van der Waals surface area contributed by atoms with Crippen LogP contribution < -0.4 is 0 Å². The summed E-state index contributed by atoms with van der Waals surface area (Å²) in [4.78, 5) is 2.50. The first-order chi connectivity index (χ1) is 10.2. The Balaban J connectivity index is 1.97. The second-order valence-corrected chi connectivity index (χ2v) is 6.39. The first-order valence-electron chi connectivity index (χ1n) is 8.15. The molecule has 0 saturated heterocycles. The van der Waals surface area contributed by atoms with Crippen molar-refractivity contribution in [1.82, 2.24) is 4.90 Å². The van der Waals surface area contributed by atoms with E-state index in [1.807, 2.05) is 0 Å². The molecule has 1 nitrogen and oxygen atoms in total. The minimum Gasteiger partial charge on any atom is -0.318 e. The van der Waals surface area contributed by atoms with Crippen molar-refractivity contribution in [2.24, 2.45) is 11.8 Å². The van der Waals surface area contributed by atoms with Crippen LogP contribution >= 0.6 is 0 Å². The minimum atomic E-state index is 0.623. The maximum Gasteiger partial charge on any atom is 0.0414 e. The third-order valence-corrected chi connectivity index (χ3v) is 4.34. The lowest BCUT2D eigenvalue weighted by Gasteiger charge is -2.35. The molecule has 2 atom stereocenters. The molecule has 0 spiro atoms. The van der Waals surface area contributed by atoms with Crippen molar-refractivity contribution in [2.75, 3.05) is 0 Å². The van der Waals surface area contributed by atoms with E-state index in [4.69, 9.17) is 0 Å². The zero-order valence-corrected chi connectivity index (χ0v) is 13.1. The Kier molecular flexibility index (Phi) is 4.28. The molecule has 0 aromatic heterocycles. The Hall–Kier alpha value is -1.76. The number of rotatable bonds is 3. The van der Waals surface area contributed by atoms with Crippen LogP contribution in [0.2, 0.25) is 0 Å². The number of hydrogen-bond donors (Lipinski definition) is 0. The monoisotopic (exact) mass is 279 g/mol. The normalized spacial score (nSPS) is 28.0. The molecule has 0 radical (unpaired) electrons. The summed E-state index contributed by atoms with van der Waals surface area (Å²) in [5.74, 6) is 1.25. The van der Waals surface area contributed by atoms with E-state index in [-0.39, 0.29) is 0 Å². The Morgan fingerprint density at radius 3 is 2.57 bits per heavy atom.